The van der Waals surface area contributed by atoms with Crippen LogP contribution < -0.4 is 10.9 Å². The average molecular weight is 355 g/mol. The van der Waals surface area contributed by atoms with E-state index in [-0.39, 0.29) is 23.6 Å². The first kappa shape index (κ1) is 17.2. The Morgan fingerprint density at radius 1 is 1.19 bits per heavy atom. The van der Waals surface area contributed by atoms with Crippen LogP contribution in [-0.4, -0.2) is 54.2 Å². The Morgan fingerprint density at radius 3 is 2.81 bits per heavy atom. The van der Waals surface area contributed by atoms with Crippen molar-refractivity contribution in [2.24, 2.45) is 0 Å². The van der Waals surface area contributed by atoms with Crippen molar-refractivity contribution in [1.82, 2.24) is 15.2 Å². The number of amides is 1. The van der Waals surface area contributed by atoms with Gasteiger partial charge < -0.3 is 15.0 Å². The predicted octanol–water partition coefficient (Wildman–Crippen LogP) is 1.82. The van der Waals surface area contributed by atoms with Crippen molar-refractivity contribution >= 4 is 16.8 Å². The first-order chi connectivity index (χ1) is 12.6. The van der Waals surface area contributed by atoms with Crippen LogP contribution in [0.2, 0.25) is 0 Å². The molecule has 2 N–H and O–H groups in total. The molecule has 0 saturated carbocycles. The summed E-state index contributed by atoms with van der Waals surface area (Å²) in [5.41, 5.74) is 1.90. The lowest BCUT2D eigenvalue weighted by Gasteiger charge is -2.34. The number of aromatic nitrogens is 1. The van der Waals surface area contributed by atoms with Gasteiger partial charge in [0.05, 0.1) is 30.9 Å². The molecule has 138 valence electrons. The monoisotopic (exact) mass is 355 g/mol. The smallest absolute Gasteiger partial charge is 0.252 e. The van der Waals surface area contributed by atoms with Crippen LogP contribution >= 0.6 is 0 Å². The Hall–Kier alpha value is -2.18. The molecule has 1 amide bonds. The van der Waals surface area contributed by atoms with Crippen LogP contribution in [0.3, 0.4) is 0 Å². The number of pyridine rings is 1. The molecular formula is C20H25N3O3. The molecule has 2 aromatic rings. The van der Waals surface area contributed by atoms with E-state index in [9.17, 15) is 9.59 Å². The number of carbonyl (C=O) groups excluding carboxylic acids is 1. The fourth-order valence-corrected chi connectivity index (χ4v) is 4.09. The number of H-pyrrole nitrogens is 1. The summed E-state index contributed by atoms with van der Waals surface area (Å²) in [5.74, 6) is -0.204. The molecule has 4 rings (SSSR count). The molecule has 2 fully saturated rings. The van der Waals surface area contributed by atoms with Gasteiger partial charge in [-0.05, 0) is 45.0 Å². The molecule has 2 aliphatic rings. The second-order valence-electron chi connectivity index (χ2n) is 7.38. The summed E-state index contributed by atoms with van der Waals surface area (Å²) in [5, 5.41) is 3.90. The van der Waals surface area contributed by atoms with Gasteiger partial charge in [-0.25, -0.2) is 0 Å². The molecule has 0 bridgehead atoms. The van der Waals surface area contributed by atoms with Crippen molar-refractivity contribution < 1.29 is 9.53 Å². The van der Waals surface area contributed by atoms with Crippen molar-refractivity contribution in [2.75, 3.05) is 26.3 Å². The van der Waals surface area contributed by atoms with Gasteiger partial charge in [0.1, 0.15) is 0 Å². The number of hydrogen-bond acceptors (Lipinski definition) is 4. The zero-order valence-corrected chi connectivity index (χ0v) is 15.1. The lowest BCUT2D eigenvalue weighted by atomic mass is 10.0. The molecule has 0 radical (unpaired) electrons. The topological polar surface area (TPSA) is 74.4 Å². The summed E-state index contributed by atoms with van der Waals surface area (Å²) in [6.07, 6.45) is 3.68. The van der Waals surface area contributed by atoms with Crippen LogP contribution in [0.25, 0.3) is 10.9 Å². The van der Waals surface area contributed by atoms with Crippen molar-refractivity contribution in [1.29, 1.82) is 0 Å². The number of carbonyl (C=O) groups is 1. The number of ether oxygens (including phenoxy) is 1. The Labute approximate surface area is 152 Å². The Morgan fingerprint density at radius 2 is 2.00 bits per heavy atom. The van der Waals surface area contributed by atoms with Gasteiger partial charge in [-0.15, -0.1) is 0 Å². The maximum absolute atomic E-state index is 13.0. The minimum Gasteiger partial charge on any atom is -0.378 e. The third-order valence-corrected chi connectivity index (χ3v) is 5.47. The van der Waals surface area contributed by atoms with Gasteiger partial charge in [-0.1, -0.05) is 18.1 Å². The molecule has 2 saturated heterocycles. The van der Waals surface area contributed by atoms with Crippen LogP contribution in [0.1, 0.15) is 35.2 Å². The number of rotatable bonds is 3. The number of nitrogens with zero attached hydrogens (tertiary/aromatic N) is 1. The lowest BCUT2D eigenvalue weighted by molar-refractivity contribution is 0.0901. The second-order valence-corrected chi connectivity index (χ2v) is 7.38. The number of likely N-dealkylation sites (tertiary alicyclic amines) is 1. The number of hydrogen-bond donors (Lipinski definition) is 2. The summed E-state index contributed by atoms with van der Waals surface area (Å²) >= 11 is 0. The van der Waals surface area contributed by atoms with Gasteiger partial charge in [0.15, 0.2) is 0 Å². The van der Waals surface area contributed by atoms with E-state index in [2.05, 4.69) is 15.2 Å². The number of aromatic amines is 1. The summed E-state index contributed by atoms with van der Waals surface area (Å²) in [4.78, 5) is 30.2. The fraction of sp³-hybridized carbons (Fsp3) is 0.500. The molecule has 26 heavy (non-hydrogen) atoms. The maximum Gasteiger partial charge on any atom is 0.252 e. The fourth-order valence-electron chi connectivity index (χ4n) is 4.09. The Kier molecular flexibility index (Phi) is 4.78. The van der Waals surface area contributed by atoms with E-state index in [0.29, 0.717) is 24.3 Å². The molecule has 2 atom stereocenters. The van der Waals surface area contributed by atoms with Crippen LogP contribution in [0, 0.1) is 6.92 Å². The van der Waals surface area contributed by atoms with E-state index in [1.165, 1.54) is 25.3 Å². The van der Waals surface area contributed by atoms with E-state index in [0.717, 1.165) is 24.0 Å². The van der Waals surface area contributed by atoms with Gasteiger partial charge in [-0.2, -0.15) is 0 Å². The van der Waals surface area contributed by atoms with Crippen molar-refractivity contribution in [2.45, 2.75) is 38.3 Å². The second kappa shape index (κ2) is 7.21. The number of fused-ring (bicyclic) bond motifs is 1. The van der Waals surface area contributed by atoms with Crippen LogP contribution in [-0.2, 0) is 4.74 Å². The van der Waals surface area contributed by atoms with Crippen LogP contribution in [0.4, 0.5) is 0 Å². The number of benzene rings is 1. The molecule has 1 aromatic heterocycles. The predicted molar refractivity (Wildman–Crippen MR) is 101 cm³/mol. The third-order valence-electron chi connectivity index (χ3n) is 5.47. The van der Waals surface area contributed by atoms with E-state index in [1.54, 1.807) is 0 Å². The Balaban J connectivity index is 1.59. The molecule has 0 spiro atoms. The molecule has 0 aliphatic carbocycles. The highest BCUT2D eigenvalue weighted by molar-refractivity contribution is 6.06. The minimum absolute atomic E-state index is 0.0419. The molecule has 0 unspecified atom stereocenters. The lowest BCUT2D eigenvalue weighted by Crippen LogP contribution is -2.52. The highest BCUT2D eigenvalue weighted by Gasteiger charge is 2.35. The molecule has 2 aliphatic heterocycles. The number of nitrogens with one attached hydrogen (secondary N) is 2. The van der Waals surface area contributed by atoms with Gasteiger partial charge in [0.2, 0.25) is 5.56 Å². The zero-order chi connectivity index (χ0) is 18.1. The normalized spacial score (nSPS) is 24.0. The molecule has 6 heteroatoms. The molecular weight excluding hydrogens is 330 g/mol. The average Bonchev–Trinajstić information content (AvgIpc) is 3.10. The van der Waals surface area contributed by atoms with Crippen molar-refractivity contribution in [3.63, 3.8) is 0 Å². The summed E-state index contributed by atoms with van der Waals surface area (Å²) < 4.78 is 5.67. The SMILES string of the molecule is Cc1ccc2[nH]c(=O)cc(C(=O)N[C@H]3COC[C@@H]3N3CCCCC3)c2c1. The molecule has 1 aromatic carbocycles. The van der Waals surface area contributed by atoms with E-state index >= 15 is 0 Å². The third kappa shape index (κ3) is 3.39. The van der Waals surface area contributed by atoms with Crippen LogP contribution in [0.5, 0.6) is 0 Å². The number of piperidine rings is 1. The largest absolute Gasteiger partial charge is 0.378 e. The van der Waals surface area contributed by atoms with E-state index in [1.807, 2.05) is 25.1 Å². The molecule has 6 nitrogen and oxygen atoms in total. The first-order valence-corrected chi connectivity index (χ1v) is 9.38. The quantitative estimate of drug-likeness (QED) is 0.881. The summed E-state index contributed by atoms with van der Waals surface area (Å²) in [7, 11) is 0. The van der Waals surface area contributed by atoms with Gasteiger partial charge in [0.25, 0.3) is 5.91 Å². The van der Waals surface area contributed by atoms with Crippen molar-refractivity contribution in [3.8, 4) is 0 Å². The van der Waals surface area contributed by atoms with Crippen molar-refractivity contribution in [3.05, 3.63) is 45.7 Å². The Bertz CT molecular complexity index is 870. The van der Waals surface area contributed by atoms with Crippen LogP contribution in [0.15, 0.2) is 29.1 Å². The highest BCUT2D eigenvalue weighted by Crippen LogP contribution is 2.21. The van der Waals surface area contributed by atoms with Gasteiger partial charge in [0, 0.05) is 17.0 Å². The minimum atomic E-state index is -0.262. The molecule has 3 heterocycles. The van der Waals surface area contributed by atoms with Gasteiger partial charge >= 0.3 is 0 Å². The first-order valence-electron chi connectivity index (χ1n) is 9.38. The highest BCUT2D eigenvalue weighted by atomic mass is 16.5. The standard InChI is InChI=1S/C20H25N3O3/c1-13-5-6-16-14(9-13)15(10-19(24)21-16)20(25)22-17-11-26-12-18(17)23-7-3-2-4-8-23/h5-6,9-10,17-18H,2-4,7-8,11-12H2,1H3,(H,21,24)(H,22,25)/t17-,18-/m0/s1. The van der Waals surface area contributed by atoms with E-state index in [4.69, 9.17) is 4.74 Å². The summed E-state index contributed by atoms with van der Waals surface area (Å²) in [6.45, 7) is 5.28. The zero-order valence-electron chi connectivity index (χ0n) is 15.1. The van der Waals surface area contributed by atoms with Gasteiger partial charge in [-0.3, -0.25) is 14.5 Å². The number of aryl methyl sites for hydroxylation is 1. The maximum atomic E-state index is 13.0. The summed E-state index contributed by atoms with van der Waals surface area (Å²) in [6, 6.07) is 7.28. The van der Waals surface area contributed by atoms with E-state index < -0.39 is 0 Å².